The first kappa shape index (κ1) is 9.19. The standard InChI is InChI=1S/C8H11NO2S/c1-6(8(10)11-2)3-7-4-12-5-9-7/h4-6H,3H2,1-2H3/t6-/m0/s1. The summed E-state index contributed by atoms with van der Waals surface area (Å²) in [4.78, 5) is 15.1. The second-order valence-electron chi connectivity index (χ2n) is 2.61. The van der Waals surface area contributed by atoms with Crippen molar-refractivity contribution in [3.05, 3.63) is 16.6 Å². The minimum absolute atomic E-state index is 0.0999. The molecule has 0 bridgehead atoms. The van der Waals surface area contributed by atoms with Gasteiger partial charge < -0.3 is 4.74 Å². The molecule has 66 valence electrons. The lowest BCUT2D eigenvalue weighted by Gasteiger charge is -2.05. The molecule has 0 saturated heterocycles. The van der Waals surface area contributed by atoms with Crippen molar-refractivity contribution in [2.45, 2.75) is 13.3 Å². The molecule has 3 nitrogen and oxygen atoms in total. The predicted octanol–water partition coefficient (Wildman–Crippen LogP) is 1.49. The Morgan fingerprint density at radius 2 is 2.58 bits per heavy atom. The van der Waals surface area contributed by atoms with Gasteiger partial charge in [0.1, 0.15) is 0 Å². The number of hydrogen-bond donors (Lipinski definition) is 0. The van der Waals surface area contributed by atoms with Crippen LogP contribution in [-0.4, -0.2) is 18.1 Å². The van der Waals surface area contributed by atoms with Gasteiger partial charge in [-0.05, 0) is 0 Å². The number of methoxy groups -OCH3 is 1. The zero-order chi connectivity index (χ0) is 8.97. The summed E-state index contributed by atoms with van der Waals surface area (Å²) in [5.74, 6) is -0.278. The summed E-state index contributed by atoms with van der Waals surface area (Å²) < 4.78 is 4.60. The SMILES string of the molecule is COC(=O)[C@@H](C)Cc1cscn1. The van der Waals surface area contributed by atoms with Crippen molar-refractivity contribution < 1.29 is 9.53 Å². The third kappa shape index (κ3) is 2.30. The van der Waals surface area contributed by atoms with Gasteiger partial charge in [-0.15, -0.1) is 11.3 Å². The van der Waals surface area contributed by atoms with Crippen LogP contribution in [0.3, 0.4) is 0 Å². The van der Waals surface area contributed by atoms with Crippen LogP contribution in [-0.2, 0) is 16.0 Å². The lowest BCUT2D eigenvalue weighted by molar-refractivity contribution is -0.144. The van der Waals surface area contributed by atoms with Crippen molar-refractivity contribution in [2.24, 2.45) is 5.92 Å². The Kier molecular flexibility index (Phi) is 3.22. The number of aromatic nitrogens is 1. The van der Waals surface area contributed by atoms with Crippen LogP contribution in [0.5, 0.6) is 0 Å². The number of esters is 1. The predicted molar refractivity (Wildman–Crippen MR) is 47.0 cm³/mol. The smallest absolute Gasteiger partial charge is 0.308 e. The molecule has 1 aromatic rings. The summed E-state index contributed by atoms with van der Waals surface area (Å²) >= 11 is 1.54. The maximum absolute atomic E-state index is 11.0. The van der Waals surface area contributed by atoms with E-state index in [1.165, 1.54) is 18.4 Å². The molecule has 0 aliphatic heterocycles. The minimum atomic E-state index is -0.178. The van der Waals surface area contributed by atoms with Crippen molar-refractivity contribution >= 4 is 17.3 Å². The number of carbonyl (C=O) groups excluding carboxylic acids is 1. The molecule has 12 heavy (non-hydrogen) atoms. The monoisotopic (exact) mass is 185 g/mol. The highest BCUT2D eigenvalue weighted by Crippen LogP contribution is 2.09. The number of ether oxygens (including phenoxy) is 1. The van der Waals surface area contributed by atoms with Gasteiger partial charge in [-0.3, -0.25) is 4.79 Å². The van der Waals surface area contributed by atoms with Gasteiger partial charge in [-0.25, -0.2) is 4.98 Å². The van der Waals surface area contributed by atoms with Crippen LogP contribution in [0.4, 0.5) is 0 Å². The molecule has 0 N–H and O–H groups in total. The van der Waals surface area contributed by atoms with E-state index in [4.69, 9.17) is 0 Å². The van der Waals surface area contributed by atoms with Gasteiger partial charge in [0.2, 0.25) is 0 Å². The van der Waals surface area contributed by atoms with E-state index in [0.29, 0.717) is 6.42 Å². The van der Waals surface area contributed by atoms with Gasteiger partial charge in [-0.2, -0.15) is 0 Å². The van der Waals surface area contributed by atoms with E-state index in [1.807, 2.05) is 12.3 Å². The van der Waals surface area contributed by atoms with E-state index in [9.17, 15) is 4.79 Å². The topological polar surface area (TPSA) is 39.2 Å². The molecule has 4 heteroatoms. The van der Waals surface area contributed by atoms with Crippen molar-refractivity contribution in [3.8, 4) is 0 Å². The third-order valence-corrected chi connectivity index (χ3v) is 2.24. The fourth-order valence-corrected chi connectivity index (χ4v) is 1.51. The Labute approximate surface area is 75.4 Å². The molecule has 1 atom stereocenters. The molecule has 0 aliphatic carbocycles. The fraction of sp³-hybridized carbons (Fsp3) is 0.500. The van der Waals surface area contributed by atoms with Crippen LogP contribution in [0.25, 0.3) is 0 Å². The average molecular weight is 185 g/mol. The summed E-state index contributed by atoms with van der Waals surface area (Å²) in [6.45, 7) is 1.84. The molecule has 0 aromatic carbocycles. The second kappa shape index (κ2) is 4.21. The number of carbonyl (C=O) groups is 1. The van der Waals surface area contributed by atoms with Crippen molar-refractivity contribution in [1.82, 2.24) is 4.98 Å². The van der Waals surface area contributed by atoms with Crippen LogP contribution in [0.2, 0.25) is 0 Å². The number of thiazole rings is 1. The maximum atomic E-state index is 11.0. The van der Waals surface area contributed by atoms with Crippen LogP contribution in [0.15, 0.2) is 10.9 Å². The van der Waals surface area contributed by atoms with Crippen LogP contribution in [0.1, 0.15) is 12.6 Å². The van der Waals surface area contributed by atoms with E-state index in [2.05, 4.69) is 9.72 Å². The Bertz CT molecular complexity index is 246. The molecule has 1 heterocycles. The molecule has 0 radical (unpaired) electrons. The Balaban J connectivity index is 2.47. The maximum Gasteiger partial charge on any atom is 0.308 e. The Morgan fingerprint density at radius 1 is 1.83 bits per heavy atom. The van der Waals surface area contributed by atoms with Gasteiger partial charge in [0.15, 0.2) is 0 Å². The van der Waals surface area contributed by atoms with E-state index < -0.39 is 0 Å². The highest BCUT2D eigenvalue weighted by molar-refractivity contribution is 7.07. The summed E-state index contributed by atoms with van der Waals surface area (Å²) in [5.41, 5.74) is 2.72. The lowest BCUT2D eigenvalue weighted by atomic mass is 10.1. The molecule has 0 unspecified atom stereocenters. The van der Waals surface area contributed by atoms with Crippen LogP contribution in [0, 0.1) is 5.92 Å². The zero-order valence-corrected chi connectivity index (χ0v) is 7.93. The van der Waals surface area contributed by atoms with Crippen molar-refractivity contribution in [3.63, 3.8) is 0 Å². The number of rotatable bonds is 3. The highest BCUT2D eigenvalue weighted by atomic mass is 32.1. The van der Waals surface area contributed by atoms with Gasteiger partial charge in [0.05, 0.1) is 24.2 Å². The van der Waals surface area contributed by atoms with E-state index >= 15 is 0 Å². The van der Waals surface area contributed by atoms with E-state index in [0.717, 1.165) is 5.69 Å². The number of nitrogens with zero attached hydrogens (tertiary/aromatic N) is 1. The summed E-state index contributed by atoms with van der Waals surface area (Å²) in [6, 6.07) is 0. The second-order valence-corrected chi connectivity index (χ2v) is 3.33. The lowest BCUT2D eigenvalue weighted by Crippen LogP contribution is -2.15. The van der Waals surface area contributed by atoms with Gasteiger partial charge in [-0.1, -0.05) is 6.92 Å². The molecular weight excluding hydrogens is 174 g/mol. The molecule has 0 aliphatic rings. The van der Waals surface area contributed by atoms with Crippen LogP contribution >= 0.6 is 11.3 Å². The van der Waals surface area contributed by atoms with Crippen LogP contribution < -0.4 is 0 Å². The molecule has 1 rings (SSSR count). The fourth-order valence-electron chi connectivity index (χ4n) is 0.937. The van der Waals surface area contributed by atoms with Gasteiger partial charge >= 0.3 is 5.97 Å². The molecule has 1 aromatic heterocycles. The van der Waals surface area contributed by atoms with Gasteiger partial charge in [0, 0.05) is 11.8 Å². The Hall–Kier alpha value is -0.900. The summed E-state index contributed by atoms with van der Waals surface area (Å²) in [7, 11) is 1.40. The molecule has 0 fully saturated rings. The summed E-state index contributed by atoms with van der Waals surface area (Å²) in [6.07, 6.45) is 0.663. The average Bonchev–Trinajstić information content (AvgIpc) is 2.55. The first-order valence-corrected chi connectivity index (χ1v) is 4.63. The highest BCUT2D eigenvalue weighted by Gasteiger charge is 2.14. The van der Waals surface area contributed by atoms with Crippen molar-refractivity contribution in [2.75, 3.05) is 7.11 Å². The minimum Gasteiger partial charge on any atom is -0.469 e. The number of hydrogen-bond acceptors (Lipinski definition) is 4. The normalized spacial score (nSPS) is 12.5. The molecule has 0 spiro atoms. The van der Waals surface area contributed by atoms with E-state index in [1.54, 1.807) is 5.51 Å². The van der Waals surface area contributed by atoms with Crippen molar-refractivity contribution in [1.29, 1.82) is 0 Å². The summed E-state index contributed by atoms with van der Waals surface area (Å²) in [5, 5.41) is 1.94. The zero-order valence-electron chi connectivity index (χ0n) is 7.11. The largest absolute Gasteiger partial charge is 0.469 e. The molecule has 0 saturated carbocycles. The van der Waals surface area contributed by atoms with Gasteiger partial charge in [0.25, 0.3) is 0 Å². The molecular formula is C8H11NO2S. The first-order chi connectivity index (χ1) is 5.74. The van der Waals surface area contributed by atoms with E-state index in [-0.39, 0.29) is 11.9 Å². The molecule has 0 amide bonds. The third-order valence-electron chi connectivity index (χ3n) is 1.60. The Morgan fingerprint density at radius 3 is 3.08 bits per heavy atom. The first-order valence-electron chi connectivity index (χ1n) is 3.69. The quantitative estimate of drug-likeness (QED) is 0.670.